The Hall–Kier alpha value is -1.53. The molecule has 2 aromatic rings. The maximum absolute atomic E-state index is 11.7. The Bertz CT molecular complexity index is 565. The van der Waals surface area contributed by atoms with Gasteiger partial charge in [-0.15, -0.1) is 0 Å². The number of imidazole rings is 1. The molecule has 22 heavy (non-hydrogen) atoms. The van der Waals surface area contributed by atoms with Crippen molar-refractivity contribution in [1.82, 2.24) is 15.3 Å². The number of ether oxygens (including phenoxy) is 1. The van der Waals surface area contributed by atoms with Crippen molar-refractivity contribution < 1.29 is 9.53 Å². The summed E-state index contributed by atoms with van der Waals surface area (Å²) in [6, 6.07) is 7.83. The number of hydrogen-bond acceptors (Lipinski definition) is 4. The first-order chi connectivity index (χ1) is 10.6. The molecule has 1 aromatic heterocycles. The van der Waals surface area contributed by atoms with E-state index in [9.17, 15) is 4.79 Å². The summed E-state index contributed by atoms with van der Waals surface area (Å²) < 4.78 is 5.46. The smallest absolute Gasteiger partial charge is 0.230 e. The molecule has 0 saturated heterocycles. The van der Waals surface area contributed by atoms with Crippen LogP contribution in [0.5, 0.6) is 0 Å². The molecule has 0 unspecified atom stereocenters. The van der Waals surface area contributed by atoms with Gasteiger partial charge in [0.2, 0.25) is 5.91 Å². The third-order valence-corrected chi connectivity index (χ3v) is 3.99. The summed E-state index contributed by atoms with van der Waals surface area (Å²) in [6.07, 6.45) is 1.05. The molecule has 0 aliphatic rings. The van der Waals surface area contributed by atoms with Crippen molar-refractivity contribution in [2.45, 2.75) is 25.4 Å². The van der Waals surface area contributed by atoms with E-state index in [1.807, 2.05) is 24.3 Å². The van der Waals surface area contributed by atoms with Crippen LogP contribution in [0.25, 0.3) is 11.0 Å². The van der Waals surface area contributed by atoms with Crippen molar-refractivity contribution >= 4 is 28.7 Å². The molecule has 2 rings (SSSR count). The number of carbonyl (C=O) groups excluding carboxylic acids is 1. The molecular weight excluding hydrogens is 298 g/mol. The Balaban J connectivity index is 1.61. The molecule has 0 fully saturated rings. The number of nitrogens with one attached hydrogen (secondary N) is 2. The second-order valence-electron chi connectivity index (χ2n) is 5.49. The van der Waals surface area contributed by atoms with Crippen LogP contribution in [0.3, 0.4) is 0 Å². The number of para-hydroxylation sites is 2. The van der Waals surface area contributed by atoms with Crippen molar-refractivity contribution in [2.24, 2.45) is 5.92 Å². The van der Waals surface area contributed by atoms with E-state index < -0.39 is 0 Å². The van der Waals surface area contributed by atoms with E-state index in [2.05, 4.69) is 29.1 Å². The van der Waals surface area contributed by atoms with E-state index in [-0.39, 0.29) is 5.91 Å². The van der Waals surface area contributed by atoms with E-state index in [0.717, 1.165) is 29.2 Å². The van der Waals surface area contributed by atoms with E-state index in [1.54, 1.807) is 0 Å². The van der Waals surface area contributed by atoms with Gasteiger partial charge in [0.15, 0.2) is 5.16 Å². The number of aromatic nitrogens is 2. The zero-order chi connectivity index (χ0) is 15.8. The highest BCUT2D eigenvalue weighted by atomic mass is 32.2. The van der Waals surface area contributed by atoms with E-state index in [0.29, 0.717) is 24.8 Å². The van der Waals surface area contributed by atoms with Gasteiger partial charge in [0, 0.05) is 13.2 Å². The Morgan fingerprint density at radius 3 is 2.95 bits per heavy atom. The molecule has 1 amide bonds. The van der Waals surface area contributed by atoms with Crippen LogP contribution in [0.4, 0.5) is 0 Å². The fourth-order valence-corrected chi connectivity index (χ4v) is 2.58. The van der Waals surface area contributed by atoms with E-state index in [1.165, 1.54) is 11.8 Å². The van der Waals surface area contributed by atoms with Gasteiger partial charge >= 0.3 is 0 Å². The van der Waals surface area contributed by atoms with Gasteiger partial charge in [-0.1, -0.05) is 37.7 Å². The third kappa shape index (κ3) is 5.69. The maximum Gasteiger partial charge on any atom is 0.230 e. The Kier molecular flexibility index (Phi) is 6.74. The summed E-state index contributed by atoms with van der Waals surface area (Å²) in [7, 11) is 0. The second kappa shape index (κ2) is 8.80. The summed E-state index contributed by atoms with van der Waals surface area (Å²) >= 11 is 1.41. The summed E-state index contributed by atoms with van der Waals surface area (Å²) in [5, 5.41) is 3.62. The van der Waals surface area contributed by atoms with Gasteiger partial charge in [-0.3, -0.25) is 4.79 Å². The van der Waals surface area contributed by atoms with Crippen molar-refractivity contribution in [3.63, 3.8) is 0 Å². The van der Waals surface area contributed by atoms with Crippen LogP contribution in [0.15, 0.2) is 29.4 Å². The summed E-state index contributed by atoms with van der Waals surface area (Å²) in [5.74, 6) is 0.999. The standard InChI is InChI=1S/C16H23N3O2S/c1-12(2)7-9-21-10-8-17-15(20)11-22-16-18-13-5-3-4-6-14(13)19-16/h3-6,12H,7-11H2,1-2H3,(H,17,20)(H,18,19). The molecule has 0 saturated carbocycles. The predicted molar refractivity (Wildman–Crippen MR) is 90.1 cm³/mol. The molecule has 2 N–H and O–H groups in total. The molecule has 0 spiro atoms. The van der Waals surface area contributed by atoms with Gasteiger partial charge in [-0.25, -0.2) is 4.98 Å². The third-order valence-electron chi connectivity index (χ3n) is 3.12. The lowest BCUT2D eigenvalue weighted by atomic mass is 10.1. The number of H-pyrrole nitrogens is 1. The molecule has 0 bridgehead atoms. The number of carbonyl (C=O) groups is 1. The zero-order valence-electron chi connectivity index (χ0n) is 13.1. The molecule has 0 aliphatic heterocycles. The van der Waals surface area contributed by atoms with Gasteiger partial charge in [-0.2, -0.15) is 0 Å². The molecule has 1 aromatic carbocycles. The molecular formula is C16H23N3O2S. The van der Waals surface area contributed by atoms with Gasteiger partial charge in [0.25, 0.3) is 0 Å². The van der Waals surface area contributed by atoms with Crippen molar-refractivity contribution in [1.29, 1.82) is 0 Å². The highest BCUT2D eigenvalue weighted by Gasteiger charge is 2.06. The normalized spacial score (nSPS) is 11.2. The van der Waals surface area contributed by atoms with Crippen molar-refractivity contribution in [3.8, 4) is 0 Å². The molecule has 5 nitrogen and oxygen atoms in total. The molecule has 6 heteroatoms. The molecule has 0 atom stereocenters. The average Bonchev–Trinajstić information content (AvgIpc) is 2.91. The Morgan fingerprint density at radius 2 is 2.18 bits per heavy atom. The zero-order valence-corrected chi connectivity index (χ0v) is 13.9. The highest BCUT2D eigenvalue weighted by Crippen LogP contribution is 2.18. The number of fused-ring (bicyclic) bond motifs is 1. The molecule has 0 aliphatic carbocycles. The first kappa shape index (κ1) is 16.8. The summed E-state index contributed by atoms with van der Waals surface area (Å²) in [5.41, 5.74) is 1.91. The minimum atomic E-state index is -0.00193. The van der Waals surface area contributed by atoms with Crippen molar-refractivity contribution in [2.75, 3.05) is 25.5 Å². The van der Waals surface area contributed by atoms with E-state index >= 15 is 0 Å². The van der Waals surface area contributed by atoms with Crippen LogP contribution in [-0.2, 0) is 9.53 Å². The average molecular weight is 321 g/mol. The Labute approximate surface area is 135 Å². The number of nitrogens with zero attached hydrogens (tertiary/aromatic N) is 1. The van der Waals surface area contributed by atoms with Crippen LogP contribution < -0.4 is 5.32 Å². The number of hydrogen-bond donors (Lipinski definition) is 2. The lowest BCUT2D eigenvalue weighted by Gasteiger charge is -2.07. The van der Waals surface area contributed by atoms with Crippen molar-refractivity contribution in [3.05, 3.63) is 24.3 Å². The van der Waals surface area contributed by atoms with Crippen LogP contribution in [0, 0.1) is 5.92 Å². The van der Waals surface area contributed by atoms with E-state index in [4.69, 9.17) is 4.74 Å². The summed E-state index contributed by atoms with van der Waals surface area (Å²) in [4.78, 5) is 19.4. The fourth-order valence-electron chi connectivity index (χ4n) is 1.87. The van der Waals surface area contributed by atoms with Crippen LogP contribution >= 0.6 is 11.8 Å². The number of aromatic amines is 1. The fraction of sp³-hybridized carbons (Fsp3) is 0.500. The van der Waals surface area contributed by atoms with Gasteiger partial charge in [0.05, 0.1) is 23.4 Å². The maximum atomic E-state index is 11.7. The number of benzene rings is 1. The minimum absolute atomic E-state index is 0.00193. The van der Waals surface area contributed by atoms with Crippen LogP contribution in [0.2, 0.25) is 0 Å². The molecule has 0 radical (unpaired) electrons. The van der Waals surface area contributed by atoms with Gasteiger partial charge < -0.3 is 15.0 Å². The Morgan fingerprint density at radius 1 is 1.36 bits per heavy atom. The first-order valence-corrected chi connectivity index (χ1v) is 8.55. The van der Waals surface area contributed by atoms with Gasteiger partial charge in [0.1, 0.15) is 0 Å². The van der Waals surface area contributed by atoms with Crippen LogP contribution in [0.1, 0.15) is 20.3 Å². The van der Waals surface area contributed by atoms with Crippen LogP contribution in [-0.4, -0.2) is 41.4 Å². The highest BCUT2D eigenvalue weighted by molar-refractivity contribution is 7.99. The quantitative estimate of drug-likeness (QED) is 0.550. The lowest BCUT2D eigenvalue weighted by molar-refractivity contribution is -0.118. The number of rotatable bonds is 9. The first-order valence-electron chi connectivity index (χ1n) is 7.57. The minimum Gasteiger partial charge on any atom is -0.380 e. The SMILES string of the molecule is CC(C)CCOCCNC(=O)CSc1nc2ccccc2[nH]1. The number of thioether (sulfide) groups is 1. The lowest BCUT2D eigenvalue weighted by Crippen LogP contribution is -2.28. The second-order valence-corrected chi connectivity index (χ2v) is 6.46. The monoisotopic (exact) mass is 321 g/mol. The summed E-state index contributed by atoms with van der Waals surface area (Å²) in [6.45, 7) is 6.20. The van der Waals surface area contributed by atoms with Gasteiger partial charge in [-0.05, 0) is 24.5 Å². The topological polar surface area (TPSA) is 67.0 Å². The largest absolute Gasteiger partial charge is 0.380 e. The predicted octanol–water partition coefficient (Wildman–Crippen LogP) is 2.83. The molecule has 1 heterocycles. The molecule has 120 valence electrons. The number of amides is 1.